The van der Waals surface area contributed by atoms with Crippen LogP contribution in [0.1, 0.15) is 10.4 Å². The van der Waals surface area contributed by atoms with Gasteiger partial charge in [0.15, 0.2) is 5.82 Å². The SMILES string of the molecule is COC(=O)c1cnc(F)c(F)c1. The molecule has 0 amide bonds. The Morgan fingerprint density at radius 2 is 2.25 bits per heavy atom. The Bertz CT molecular complexity index is 314. The van der Waals surface area contributed by atoms with Gasteiger partial charge in [0, 0.05) is 6.20 Å². The van der Waals surface area contributed by atoms with Crippen LogP contribution in [0.25, 0.3) is 0 Å². The third-order valence-corrected chi connectivity index (χ3v) is 1.22. The molecule has 0 atom stereocenters. The smallest absolute Gasteiger partial charge is 0.339 e. The molecule has 3 nitrogen and oxygen atoms in total. The highest BCUT2D eigenvalue weighted by atomic mass is 19.2. The van der Waals surface area contributed by atoms with Crippen LogP contribution in [-0.4, -0.2) is 18.1 Å². The van der Waals surface area contributed by atoms with Gasteiger partial charge in [-0.1, -0.05) is 0 Å². The van der Waals surface area contributed by atoms with Gasteiger partial charge in [-0.25, -0.2) is 14.2 Å². The van der Waals surface area contributed by atoms with Crippen molar-refractivity contribution in [2.24, 2.45) is 0 Å². The fourth-order valence-corrected chi connectivity index (χ4v) is 0.651. The summed E-state index contributed by atoms with van der Waals surface area (Å²) in [6, 6.07) is 0.730. The molecule has 0 aliphatic rings. The van der Waals surface area contributed by atoms with Crippen molar-refractivity contribution in [3.05, 3.63) is 29.6 Å². The second-order valence-corrected chi connectivity index (χ2v) is 1.99. The number of halogens is 2. The zero-order valence-electron chi connectivity index (χ0n) is 6.17. The van der Waals surface area contributed by atoms with E-state index in [0.29, 0.717) is 0 Å². The zero-order valence-corrected chi connectivity index (χ0v) is 6.17. The molecule has 0 saturated heterocycles. The maximum Gasteiger partial charge on any atom is 0.339 e. The van der Waals surface area contributed by atoms with Gasteiger partial charge in [0.2, 0.25) is 5.95 Å². The van der Waals surface area contributed by atoms with Crippen molar-refractivity contribution in [3.8, 4) is 0 Å². The van der Waals surface area contributed by atoms with Crippen LogP contribution in [0.4, 0.5) is 8.78 Å². The van der Waals surface area contributed by atoms with Crippen LogP contribution in [0.2, 0.25) is 0 Å². The fraction of sp³-hybridized carbons (Fsp3) is 0.143. The quantitative estimate of drug-likeness (QED) is 0.472. The highest BCUT2D eigenvalue weighted by molar-refractivity contribution is 5.88. The molecule has 0 aliphatic heterocycles. The lowest BCUT2D eigenvalue weighted by molar-refractivity contribution is 0.0599. The third-order valence-electron chi connectivity index (χ3n) is 1.22. The topological polar surface area (TPSA) is 39.2 Å². The van der Waals surface area contributed by atoms with Gasteiger partial charge >= 0.3 is 5.97 Å². The minimum absolute atomic E-state index is 0.114. The summed E-state index contributed by atoms with van der Waals surface area (Å²) in [6.07, 6.45) is 0.907. The zero-order chi connectivity index (χ0) is 9.14. The summed E-state index contributed by atoms with van der Waals surface area (Å²) in [7, 11) is 1.14. The number of ether oxygens (including phenoxy) is 1. The molecular weight excluding hydrogens is 168 g/mol. The fourth-order valence-electron chi connectivity index (χ4n) is 0.651. The Morgan fingerprint density at radius 1 is 1.58 bits per heavy atom. The van der Waals surface area contributed by atoms with E-state index in [9.17, 15) is 13.6 Å². The Hall–Kier alpha value is -1.52. The molecule has 0 bridgehead atoms. The van der Waals surface area contributed by atoms with Crippen LogP contribution in [0.5, 0.6) is 0 Å². The molecule has 12 heavy (non-hydrogen) atoms. The molecular formula is C7H5F2NO2. The first-order valence-corrected chi connectivity index (χ1v) is 3.04. The minimum atomic E-state index is -1.23. The largest absolute Gasteiger partial charge is 0.465 e. The number of pyridine rings is 1. The van der Waals surface area contributed by atoms with Crippen LogP contribution >= 0.6 is 0 Å². The number of methoxy groups -OCH3 is 1. The van der Waals surface area contributed by atoms with E-state index in [1.54, 1.807) is 0 Å². The van der Waals surface area contributed by atoms with Gasteiger partial charge in [-0.15, -0.1) is 0 Å². The summed E-state index contributed by atoms with van der Waals surface area (Å²) in [6.45, 7) is 0. The lowest BCUT2D eigenvalue weighted by Gasteiger charge is -1.97. The maximum absolute atomic E-state index is 12.4. The molecule has 0 aromatic carbocycles. The third kappa shape index (κ3) is 1.55. The number of carbonyl (C=O) groups excluding carboxylic acids is 1. The van der Waals surface area contributed by atoms with Crippen LogP contribution in [0, 0.1) is 11.8 Å². The van der Waals surface area contributed by atoms with Gasteiger partial charge < -0.3 is 4.74 Å². The minimum Gasteiger partial charge on any atom is -0.465 e. The van der Waals surface area contributed by atoms with Crippen molar-refractivity contribution in [2.45, 2.75) is 0 Å². The van der Waals surface area contributed by atoms with Gasteiger partial charge in [-0.2, -0.15) is 4.39 Å². The molecule has 64 valence electrons. The number of rotatable bonds is 1. The first kappa shape index (κ1) is 8.58. The number of esters is 1. The van der Waals surface area contributed by atoms with Gasteiger partial charge in [0.1, 0.15) is 0 Å². The van der Waals surface area contributed by atoms with Crippen molar-refractivity contribution in [2.75, 3.05) is 7.11 Å². The first-order valence-electron chi connectivity index (χ1n) is 3.04. The van der Waals surface area contributed by atoms with E-state index >= 15 is 0 Å². The summed E-state index contributed by atoms with van der Waals surface area (Å²) >= 11 is 0. The van der Waals surface area contributed by atoms with E-state index in [0.717, 1.165) is 19.4 Å². The second-order valence-electron chi connectivity index (χ2n) is 1.99. The highest BCUT2D eigenvalue weighted by Crippen LogP contribution is 2.05. The monoisotopic (exact) mass is 173 g/mol. The predicted octanol–water partition coefficient (Wildman–Crippen LogP) is 1.15. The molecule has 5 heteroatoms. The standard InChI is InChI=1S/C7H5F2NO2/c1-12-7(11)4-2-5(8)6(9)10-3-4/h2-3H,1H3. The molecule has 1 aromatic heterocycles. The van der Waals surface area contributed by atoms with Crippen LogP contribution in [-0.2, 0) is 4.74 Å². The van der Waals surface area contributed by atoms with Crippen molar-refractivity contribution in [1.29, 1.82) is 0 Å². The molecule has 0 spiro atoms. The lowest BCUT2D eigenvalue weighted by Crippen LogP contribution is -2.03. The van der Waals surface area contributed by atoms with E-state index < -0.39 is 17.7 Å². The molecule has 0 N–H and O–H groups in total. The van der Waals surface area contributed by atoms with Gasteiger partial charge in [0.05, 0.1) is 12.7 Å². The van der Waals surface area contributed by atoms with E-state index in [1.807, 2.05) is 0 Å². The highest BCUT2D eigenvalue weighted by Gasteiger charge is 2.09. The number of hydrogen-bond acceptors (Lipinski definition) is 3. The predicted molar refractivity (Wildman–Crippen MR) is 35.5 cm³/mol. The van der Waals surface area contributed by atoms with E-state index in [-0.39, 0.29) is 5.56 Å². The first-order chi connectivity index (χ1) is 5.65. The molecule has 1 heterocycles. The Morgan fingerprint density at radius 3 is 2.75 bits per heavy atom. The molecule has 0 unspecified atom stereocenters. The maximum atomic E-state index is 12.4. The van der Waals surface area contributed by atoms with Crippen molar-refractivity contribution in [1.82, 2.24) is 4.98 Å². The summed E-state index contributed by atoms with van der Waals surface area (Å²) in [5, 5.41) is 0. The average molecular weight is 173 g/mol. The van der Waals surface area contributed by atoms with Gasteiger partial charge in [0.25, 0.3) is 0 Å². The van der Waals surface area contributed by atoms with E-state index in [1.165, 1.54) is 0 Å². The molecule has 0 saturated carbocycles. The van der Waals surface area contributed by atoms with Crippen molar-refractivity contribution < 1.29 is 18.3 Å². The molecule has 0 fully saturated rings. The van der Waals surface area contributed by atoms with Crippen LogP contribution in [0.15, 0.2) is 12.3 Å². The lowest BCUT2D eigenvalue weighted by atomic mass is 10.3. The number of aromatic nitrogens is 1. The van der Waals surface area contributed by atoms with Crippen molar-refractivity contribution in [3.63, 3.8) is 0 Å². The van der Waals surface area contributed by atoms with E-state index in [4.69, 9.17) is 0 Å². The normalized spacial score (nSPS) is 9.58. The summed E-state index contributed by atoms with van der Waals surface area (Å²) < 4.78 is 28.9. The van der Waals surface area contributed by atoms with Crippen molar-refractivity contribution >= 4 is 5.97 Å². The molecule has 1 rings (SSSR count). The number of carbonyl (C=O) groups is 1. The van der Waals surface area contributed by atoms with Gasteiger partial charge in [-0.3, -0.25) is 0 Å². The number of nitrogens with zero attached hydrogens (tertiary/aromatic N) is 1. The molecule has 1 aromatic rings. The second kappa shape index (κ2) is 3.25. The molecule has 0 aliphatic carbocycles. The molecule has 0 radical (unpaired) electrons. The Kier molecular flexibility index (Phi) is 2.32. The van der Waals surface area contributed by atoms with E-state index in [2.05, 4.69) is 9.72 Å². The van der Waals surface area contributed by atoms with Crippen LogP contribution in [0.3, 0.4) is 0 Å². The Balaban J connectivity index is 3.05. The summed E-state index contributed by atoms with van der Waals surface area (Å²) in [4.78, 5) is 13.7. The average Bonchev–Trinajstić information content (AvgIpc) is 2.08. The summed E-state index contributed by atoms with van der Waals surface area (Å²) in [5.41, 5.74) is -0.114. The Labute approximate surface area is 67.0 Å². The van der Waals surface area contributed by atoms with Gasteiger partial charge in [-0.05, 0) is 6.07 Å². The van der Waals surface area contributed by atoms with Crippen LogP contribution < -0.4 is 0 Å². The summed E-state index contributed by atoms with van der Waals surface area (Å²) in [5.74, 6) is -3.15. The number of hydrogen-bond donors (Lipinski definition) is 0.